The fourth-order valence-corrected chi connectivity index (χ4v) is 3.98. The molecule has 1 fully saturated rings. The van der Waals surface area contributed by atoms with E-state index in [0.29, 0.717) is 25.9 Å². The summed E-state index contributed by atoms with van der Waals surface area (Å²) in [4.78, 5) is 13.7. The fourth-order valence-electron chi connectivity index (χ4n) is 3.98. The molecule has 0 amide bonds. The van der Waals surface area contributed by atoms with Gasteiger partial charge in [-0.05, 0) is 44.1 Å². The number of likely N-dealkylation sites (tertiary alicyclic amines) is 1. The molecule has 1 aliphatic rings. The molecule has 2 aromatic carbocycles. The SMILES string of the molecule is COc1ccccc1C(c1c(OC)cccc1OC)N1CCC(C(=O)O)CC1. The lowest BCUT2D eigenvalue weighted by atomic mass is 9.90. The Kier molecular flexibility index (Phi) is 6.41. The number of ether oxygens (including phenoxy) is 3. The average Bonchev–Trinajstić information content (AvgIpc) is 2.74. The van der Waals surface area contributed by atoms with Gasteiger partial charge in [0.25, 0.3) is 0 Å². The molecular formula is C22H27NO5. The van der Waals surface area contributed by atoms with Crippen molar-refractivity contribution >= 4 is 5.97 Å². The van der Waals surface area contributed by atoms with Gasteiger partial charge in [0.15, 0.2) is 0 Å². The lowest BCUT2D eigenvalue weighted by Crippen LogP contribution is -2.39. The number of benzene rings is 2. The maximum atomic E-state index is 11.4. The fraction of sp³-hybridized carbons (Fsp3) is 0.409. The van der Waals surface area contributed by atoms with Crippen molar-refractivity contribution in [2.45, 2.75) is 18.9 Å². The van der Waals surface area contributed by atoms with Crippen molar-refractivity contribution in [1.82, 2.24) is 4.90 Å². The van der Waals surface area contributed by atoms with Crippen LogP contribution in [0.2, 0.25) is 0 Å². The highest BCUT2D eigenvalue weighted by atomic mass is 16.5. The number of carboxylic acids is 1. The minimum atomic E-state index is -0.719. The van der Waals surface area contributed by atoms with E-state index in [4.69, 9.17) is 14.2 Å². The maximum absolute atomic E-state index is 11.4. The summed E-state index contributed by atoms with van der Waals surface area (Å²) in [7, 11) is 4.95. The molecule has 1 N–H and O–H groups in total. The lowest BCUT2D eigenvalue weighted by Gasteiger charge is -2.38. The molecule has 0 bridgehead atoms. The largest absolute Gasteiger partial charge is 0.496 e. The number of hydrogen-bond donors (Lipinski definition) is 1. The van der Waals surface area contributed by atoms with Crippen molar-refractivity contribution in [3.8, 4) is 17.2 Å². The van der Waals surface area contributed by atoms with Crippen LogP contribution in [0.25, 0.3) is 0 Å². The number of methoxy groups -OCH3 is 3. The Balaban J connectivity index is 2.10. The lowest BCUT2D eigenvalue weighted by molar-refractivity contribution is -0.143. The van der Waals surface area contributed by atoms with Crippen molar-refractivity contribution in [3.63, 3.8) is 0 Å². The molecule has 1 heterocycles. The van der Waals surface area contributed by atoms with E-state index >= 15 is 0 Å². The highest BCUT2D eigenvalue weighted by Crippen LogP contribution is 2.44. The first kappa shape index (κ1) is 20.0. The Hall–Kier alpha value is -2.73. The molecule has 6 nitrogen and oxygen atoms in total. The molecule has 28 heavy (non-hydrogen) atoms. The van der Waals surface area contributed by atoms with Gasteiger partial charge in [0, 0.05) is 5.56 Å². The van der Waals surface area contributed by atoms with E-state index in [1.54, 1.807) is 21.3 Å². The van der Waals surface area contributed by atoms with Crippen molar-refractivity contribution in [3.05, 3.63) is 53.6 Å². The summed E-state index contributed by atoms with van der Waals surface area (Å²) in [6.45, 7) is 1.34. The van der Waals surface area contributed by atoms with Gasteiger partial charge >= 0.3 is 5.97 Å². The molecule has 1 atom stereocenters. The predicted octanol–water partition coefficient (Wildman–Crippen LogP) is 3.60. The zero-order valence-electron chi connectivity index (χ0n) is 16.6. The number of carboxylic acid groups (broad SMARTS) is 1. The van der Waals surface area contributed by atoms with Gasteiger partial charge in [-0.1, -0.05) is 24.3 Å². The molecule has 1 saturated heterocycles. The normalized spacial score (nSPS) is 16.4. The van der Waals surface area contributed by atoms with E-state index in [1.165, 1.54) is 0 Å². The van der Waals surface area contributed by atoms with Gasteiger partial charge in [-0.25, -0.2) is 0 Å². The average molecular weight is 385 g/mol. The van der Waals surface area contributed by atoms with E-state index in [2.05, 4.69) is 4.90 Å². The summed E-state index contributed by atoms with van der Waals surface area (Å²) in [6, 6.07) is 13.5. The van der Waals surface area contributed by atoms with Crippen molar-refractivity contribution in [1.29, 1.82) is 0 Å². The monoisotopic (exact) mass is 385 g/mol. The molecule has 2 aromatic rings. The van der Waals surface area contributed by atoms with Gasteiger partial charge in [-0.3, -0.25) is 9.69 Å². The van der Waals surface area contributed by atoms with Crippen LogP contribution >= 0.6 is 0 Å². The molecule has 1 unspecified atom stereocenters. The zero-order chi connectivity index (χ0) is 20.1. The number of carbonyl (C=O) groups is 1. The van der Waals surface area contributed by atoms with E-state index in [9.17, 15) is 9.90 Å². The molecule has 1 aliphatic heterocycles. The standard InChI is InChI=1S/C22H27NO5/c1-26-17-8-5-4-7-16(17)21(23-13-11-15(12-14-23)22(24)25)20-18(27-2)9-6-10-19(20)28-3/h4-10,15,21H,11-14H2,1-3H3,(H,24,25). The van der Waals surface area contributed by atoms with Gasteiger partial charge in [0.2, 0.25) is 0 Å². The first-order chi connectivity index (χ1) is 13.6. The third-order valence-corrected chi connectivity index (χ3v) is 5.42. The molecule has 0 aromatic heterocycles. The maximum Gasteiger partial charge on any atom is 0.306 e. The Morgan fingerprint density at radius 1 is 0.929 bits per heavy atom. The van der Waals surface area contributed by atoms with Crippen LogP contribution in [0.15, 0.2) is 42.5 Å². The second kappa shape index (κ2) is 8.97. The minimum Gasteiger partial charge on any atom is -0.496 e. The van der Waals surface area contributed by atoms with E-state index in [1.807, 2.05) is 42.5 Å². The molecule has 0 saturated carbocycles. The van der Waals surface area contributed by atoms with Gasteiger partial charge in [-0.15, -0.1) is 0 Å². The smallest absolute Gasteiger partial charge is 0.306 e. The summed E-state index contributed by atoms with van der Waals surface area (Å²) in [6.07, 6.45) is 1.22. The molecule has 0 radical (unpaired) electrons. The number of hydrogen-bond acceptors (Lipinski definition) is 5. The molecule has 6 heteroatoms. The summed E-state index contributed by atoms with van der Waals surface area (Å²) in [5, 5.41) is 9.37. The quantitative estimate of drug-likeness (QED) is 0.785. The number of para-hydroxylation sites is 1. The van der Waals surface area contributed by atoms with Gasteiger partial charge in [0.1, 0.15) is 17.2 Å². The van der Waals surface area contributed by atoms with Crippen LogP contribution in [0.4, 0.5) is 0 Å². The van der Waals surface area contributed by atoms with Crippen LogP contribution in [0.1, 0.15) is 30.0 Å². The van der Waals surface area contributed by atoms with Crippen LogP contribution < -0.4 is 14.2 Å². The van der Waals surface area contributed by atoms with Crippen LogP contribution in [0.5, 0.6) is 17.2 Å². The Morgan fingerprint density at radius 2 is 1.46 bits per heavy atom. The molecule has 3 rings (SSSR count). The Morgan fingerprint density at radius 3 is 2.00 bits per heavy atom. The van der Waals surface area contributed by atoms with Crippen molar-refractivity contribution < 1.29 is 24.1 Å². The van der Waals surface area contributed by atoms with E-state index in [0.717, 1.165) is 28.4 Å². The summed E-state index contributed by atoms with van der Waals surface area (Å²) >= 11 is 0. The number of aliphatic carboxylic acids is 1. The summed E-state index contributed by atoms with van der Waals surface area (Å²) in [5.74, 6) is 1.23. The van der Waals surface area contributed by atoms with E-state index < -0.39 is 5.97 Å². The Bertz CT molecular complexity index is 792. The van der Waals surface area contributed by atoms with Gasteiger partial charge < -0.3 is 19.3 Å². The third kappa shape index (κ3) is 3.92. The molecule has 0 aliphatic carbocycles. The highest BCUT2D eigenvalue weighted by Gasteiger charge is 2.34. The van der Waals surface area contributed by atoms with Gasteiger partial charge in [0.05, 0.1) is 38.9 Å². The predicted molar refractivity (Wildman–Crippen MR) is 106 cm³/mol. The summed E-state index contributed by atoms with van der Waals surface area (Å²) in [5.41, 5.74) is 1.92. The molecule has 0 spiro atoms. The topological polar surface area (TPSA) is 68.2 Å². The minimum absolute atomic E-state index is 0.169. The van der Waals surface area contributed by atoms with Crippen LogP contribution in [-0.4, -0.2) is 50.4 Å². The Labute approximate surface area is 165 Å². The number of rotatable bonds is 7. The second-order valence-corrected chi connectivity index (χ2v) is 6.87. The second-order valence-electron chi connectivity index (χ2n) is 6.87. The van der Waals surface area contributed by atoms with Gasteiger partial charge in [-0.2, -0.15) is 0 Å². The third-order valence-electron chi connectivity index (χ3n) is 5.42. The van der Waals surface area contributed by atoms with Crippen LogP contribution in [0.3, 0.4) is 0 Å². The number of nitrogens with zero attached hydrogens (tertiary/aromatic N) is 1. The first-order valence-electron chi connectivity index (χ1n) is 9.41. The zero-order valence-corrected chi connectivity index (χ0v) is 16.6. The van der Waals surface area contributed by atoms with Crippen LogP contribution in [-0.2, 0) is 4.79 Å². The van der Waals surface area contributed by atoms with Crippen molar-refractivity contribution in [2.75, 3.05) is 34.4 Å². The number of piperidine rings is 1. The highest BCUT2D eigenvalue weighted by molar-refractivity contribution is 5.70. The first-order valence-corrected chi connectivity index (χ1v) is 9.41. The summed E-state index contributed by atoms with van der Waals surface area (Å²) < 4.78 is 17.0. The molecule has 150 valence electrons. The molecular weight excluding hydrogens is 358 g/mol. The van der Waals surface area contributed by atoms with Crippen LogP contribution in [0, 0.1) is 5.92 Å². The van der Waals surface area contributed by atoms with E-state index in [-0.39, 0.29) is 12.0 Å². The van der Waals surface area contributed by atoms with Crippen molar-refractivity contribution in [2.24, 2.45) is 5.92 Å².